The molecule has 4 aromatic rings. The first-order chi connectivity index (χ1) is 24.3. The van der Waals surface area contributed by atoms with Crippen LogP contribution in [0.4, 0.5) is 0 Å². The summed E-state index contributed by atoms with van der Waals surface area (Å²) in [6.07, 6.45) is 8.63. The van der Waals surface area contributed by atoms with Crippen LogP contribution in [0, 0.1) is 13.8 Å². The number of allylic oxidation sites excluding steroid dienone is 4. The average Bonchev–Trinajstić information content (AvgIpc) is 3.74. The summed E-state index contributed by atoms with van der Waals surface area (Å²) in [6.45, 7) is 18.2. The molecule has 0 bridgehead atoms. The first kappa shape index (κ1) is 40.5. The number of aryl methyl sites for hydroxylation is 2. The van der Waals surface area contributed by atoms with Gasteiger partial charge < -0.3 is 0 Å². The second-order valence-corrected chi connectivity index (χ2v) is 38.7. The number of halogens is 6. The summed E-state index contributed by atoms with van der Waals surface area (Å²) in [6, 6.07) is 22.4. The molecule has 0 fully saturated rings. The van der Waals surface area contributed by atoms with Gasteiger partial charge in [-0.05, 0) is 0 Å². The van der Waals surface area contributed by atoms with Gasteiger partial charge in [-0.2, -0.15) is 0 Å². The maximum atomic E-state index is 8.95. The van der Waals surface area contributed by atoms with Crippen molar-refractivity contribution in [2.24, 2.45) is 0 Å². The van der Waals surface area contributed by atoms with E-state index in [1.165, 1.54) is 44.5 Å². The van der Waals surface area contributed by atoms with Gasteiger partial charge in [-0.15, -0.1) is 0 Å². The SMILES string of the molecule is Cc1cc2c(cc1C(C)(C)C)-c1cc(C(C)(C)C)c(C)cc1[CH]2[Zr]([Cl])([Cl])(=[C](c1cc(CCl)cc(CCl)c1)c1cc(CCl)cc(CCl)c1)[CH]1C=CC=C1. The molecule has 0 unspecified atom stereocenters. The third-order valence-corrected chi connectivity index (χ3v) is 31.9. The van der Waals surface area contributed by atoms with E-state index < -0.39 is 15.9 Å². The second kappa shape index (κ2) is 14.7. The molecule has 0 saturated heterocycles. The summed E-state index contributed by atoms with van der Waals surface area (Å²) < 4.78 is 0.481. The van der Waals surface area contributed by atoms with Gasteiger partial charge in [0.05, 0.1) is 0 Å². The van der Waals surface area contributed by atoms with E-state index in [-0.39, 0.29) is 18.1 Å². The van der Waals surface area contributed by atoms with E-state index in [9.17, 15) is 0 Å². The van der Waals surface area contributed by atoms with Gasteiger partial charge in [-0.3, -0.25) is 0 Å². The van der Waals surface area contributed by atoms with E-state index in [2.05, 4.69) is 140 Å². The predicted octanol–water partition coefficient (Wildman–Crippen LogP) is 15.1. The van der Waals surface area contributed by atoms with Crippen molar-refractivity contribution < 1.29 is 15.9 Å². The number of benzene rings is 4. The van der Waals surface area contributed by atoms with Gasteiger partial charge in [0.1, 0.15) is 0 Å². The summed E-state index contributed by atoms with van der Waals surface area (Å²) in [4.78, 5) is 0. The zero-order chi connectivity index (χ0) is 38.0. The number of fused-ring (bicyclic) bond motifs is 3. The molecule has 0 heterocycles. The molecule has 0 radical (unpaired) electrons. The van der Waals surface area contributed by atoms with E-state index >= 15 is 0 Å². The minimum atomic E-state index is -5.72. The fourth-order valence-electron chi connectivity index (χ4n) is 8.89. The zero-order valence-electron chi connectivity index (χ0n) is 31.3. The summed E-state index contributed by atoms with van der Waals surface area (Å²) in [5.74, 6) is 1.32. The van der Waals surface area contributed by atoms with Crippen LogP contribution < -0.4 is 0 Å². The molecule has 0 amide bonds. The van der Waals surface area contributed by atoms with Crippen LogP contribution in [0.25, 0.3) is 11.1 Å². The Labute approximate surface area is 339 Å². The fourth-order valence-corrected chi connectivity index (χ4v) is 28.7. The van der Waals surface area contributed by atoms with Crippen molar-refractivity contribution >= 4 is 66.6 Å². The average molecular weight is 893 g/mol. The Balaban J connectivity index is 1.91. The number of rotatable bonds is 8. The maximum absolute atomic E-state index is 8.95. The van der Waals surface area contributed by atoms with Crippen molar-refractivity contribution in [3.63, 3.8) is 0 Å². The Morgan fingerprint density at radius 1 is 0.538 bits per heavy atom. The van der Waals surface area contributed by atoms with Crippen molar-refractivity contribution in [2.75, 3.05) is 0 Å². The first-order valence-electron chi connectivity index (χ1n) is 18.0. The fraction of sp³-hybridized carbons (Fsp3) is 0.356. The molecule has 7 heteroatoms. The van der Waals surface area contributed by atoms with Crippen LogP contribution >= 0.6 is 63.4 Å². The third kappa shape index (κ3) is 7.06. The van der Waals surface area contributed by atoms with E-state index in [1.54, 1.807) is 0 Å². The molecule has 274 valence electrons. The summed E-state index contributed by atoms with van der Waals surface area (Å²) >= 11 is 20.6. The molecule has 0 nitrogen and oxygen atoms in total. The molecule has 0 atom stereocenters. The Morgan fingerprint density at radius 2 is 0.885 bits per heavy atom. The van der Waals surface area contributed by atoms with Gasteiger partial charge in [-0.1, -0.05) is 0 Å². The van der Waals surface area contributed by atoms with Crippen molar-refractivity contribution in [2.45, 2.75) is 97.0 Å². The molecule has 4 aromatic carbocycles. The topological polar surface area (TPSA) is 0 Å². The third-order valence-electron chi connectivity index (χ3n) is 11.0. The minimum absolute atomic E-state index is 0.0526. The van der Waals surface area contributed by atoms with Crippen LogP contribution in [-0.2, 0) is 50.3 Å². The summed E-state index contributed by atoms with van der Waals surface area (Å²) in [5.41, 5.74) is 15.6. The molecule has 0 spiro atoms. The van der Waals surface area contributed by atoms with Gasteiger partial charge >= 0.3 is 342 Å². The van der Waals surface area contributed by atoms with Gasteiger partial charge in [0.25, 0.3) is 0 Å². The first-order valence-corrected chi connectivity index (χ1v) is 30.5. The van der Waals surface area contributed by atoms with E-state index in [4.69, 9.17) is 63.4 Å². The Hall–Kier alpha value is -1.15. The molecule has 2 aliphatic rings. The molecule has 0 N–H and O–H groups in total. The van der Waals surface area contributed by atoms with Crippen molar-refractivity contribution in [1.29, 1.82) is 0 Å². The standard InChI is InChI=1S/C23H29.C17H14Cl4.C5H5.2ClH.Zr/c1-14-9-16-11-17-10-15(2)21(23(6,7)8)13-19(17)18(16)12-20(14)22(3,4)5;18-8-14-2-12(3-15(6-14)9-19)1-13-4-16(10-20)7-17(5-13)11-21;1-2-4-5-3-1;;;/h9-13H,1-8H3;2-7H,8-11H2;1-5H;2*1H;/q;;;;;+2/p-2. The molecule has 0 saturated carbocycles. The van der Waals surface area contributed by atoms with Crippen LogP contribution in [0.1, 0.15) is 112 Å². The molecule has 6 rings (SSSR count). The van der Waals surface area contributed by atoms with E-state index in [0.717, 1.165) is 36.6 Å². The number of hydrogen-bond acceptors (Lipinski definition) is 0. The van der Waals surface area contributed by atoms with Crippen LogP contribution in [0.5, 0.6) is 0 Å². The van der Waals surface area contributed by atoms with Crippen LogP contribution in [0.3, 0.4) is 0 Å². The van der Waals surface area contributed by atoms with Gasteiger partial charge in [0.15, 0.2) is 0 Å². The quantitative estimate of drug-likeness (QED) is 0.155. The van der Waals surface area contributed by atoms with E-state index in [0.29, 0.717) is 23.5 Å². The second-order valence-electron chi connectivity index (χ2n) is 16.9. The van der Waals surface area contributed by atoms with Gasteiger partial charge in [-0.25, -0.2) is 0 Å². The van der Waals surface area contributed by atoms with Crippen molar-refractivity contribution in [3.8, 4) is 11.1 Å². The molecular weight excluding hydrogens is 844 g/mol. The van der Waals surface area contributed by atoms with E-state index in [1.807, 2.05) is 0 Å². The Bertz CT molecular complexity index is 2020. The van der Waals surface area contributed by atoms with Crippen LogP contribution in [0.15, 0.2) is 85.0 Å². The predicted molar refractivity (Wildman–Crippen MR) is 229 cm³/mol. The summed E-state index contributed by atoms with van der Waals surface area (Å²) in [7, 11) is 17.9. The van der Waals surface area contributed by atoms with Gasteiger partial charge in [0.2, 0.25) is 0 Å². The molecule has 52 heavy (non-hydrogen) atoms. The normalized spacial score (nSPS) is 15.1. The Kier molecular flexibility index (Phi) is 11.5. The number of alkyl halides is 4. The van der Waals surface area contributed by atoms with Crippen LogP contribution in [0.2, 0.25) is 3.63 Å². The molecule has 0 aromatic heterocycles. The summed E-state index contributed by atoms with van der Waals surface area (Å²) in [5, 5.41) is 0. The monoisotopic (exact) mass is 888 g/mol. The molecular formula is C45H48Cl6Zr. The van der Waals surface area contributed by atoms with Crippen molar-refractivity contribution in [1.82, 2.24) is 0 Å². The van der Waals surface area contributed by atoms with Gasteiger partial charge in [0, 0.05) is 0 Å². The van der Waals surface area contributed by atoms with Crippen LogP contribution in [-0.4, -0.2) is 3.21 Å². The zero-order valence-corrected chi connectivity index (χ0v) is 38.3. The Morgan fingerprint density at radius 3 is 1.19 bits per heavy atom. The molecule has 2 aliphatic carbocycles. The van der Waals surface area contributed by atoms with Crippen molar-refractivity contribution in [3.05, 3.63) is 152 Å². The number of hydrogen-bond donors (Lipinski definition) is 0. The molecule has 0 aliphatic heterocycles.